The standard InChI is InChI=1S/C14H21N3O3S/c1-4-16(7-8-19-3)17-12(14(18)20-5-2)10-15-11-6-9-21-13(11)17/h6,9-10,12H,4-5,7-8H2,1-3H3/t12-/m0/s1. The van der Waals surface area contributed by atoms with Crippen LogP contribution in [0, 0.1) is 0 Å². The summed E-state index contributed by atoms with van der Waals surface area (Å²) < 4.78 is 10.3. The Bertz CT molecular complexity index is 503. The molecule has 21 heavy (non-hydrogen) atoms. The van der Waals surface area contributed by atoms with E-state index in [0.717, 1.165) is 17.2 Å². The van der Waals surface area contributed by atoms with Gasteiger partial charge in [-0.2, -0.15) is 0 Å². The highest BCUT2D eigenvalue weighted by atomic mass is 32.1. The fourth-order valence-corrected chi connectivity index (χ4v) is 3.12. The Morgan fingerprint density at radius 1 is 1.52 bits per heavy atom. The van der Waals surface area contributed by atoms with E-state index in [-0.39, 0.29) is 5.97 Å². The summed E-state index contributed by atoms with van der Waals surface area (Å²) in [6.07, 6.45) is 1.66. The van der Waals surface area contributed by atoms with Gasteiger partial charge in [-0.25, -0.2) is 9.80 Å². The van der Waals surface area contributed by atoms with Gasteiger partial charge < -0.3 is 9.47 Å². The summed E-state index contributed by atoms with van der Waals surface area (Å²) in [5.41, 5.74) is 0.886. The van der Waals surface area contributed by atoms with Gasteiger partial charge in [0.15, 0.2) is 6.04 Å². The summed E-state index contributed by atoms with van der Waals surface area (Å²) in [4.78, 5) is 16.6. The SMILES string of the molecule is CCOC(=O)[C@@H]1C=Nc2ccsc2N1N(CC)CCOC. The topological polar surface area (TPSA) is 54.4 Å². The van der Waals surface area contributed by atoms with Crippen molar-refractivity contribution in [2.45, 2.75) is 19.9 Å². The van der Waals surface area contributed by atoms with Gasteiger partial charge in [-0.15, -0.1) is 11.3 Å². The molecule has 6 nitrogen and oxygen atoms in total. The quantitative estimate of drug-likeness (QED) is 0.722. The third-order valence-corrected chi connectivity index (χ3v) is 4.09. The molecule has 0 bridgehead atoms. The molecule has 0 aliphatic carbocycles. The number of nitrogens with zero attached hydrogens (tertiary/aromatic N) is 3. The minimum absolute atomic E-state index is 0.281. The molecule has 0 saturated carbocycles. The van der Waals surface area contributed by atoms with Crippen molar-refractivity contribution in [3.8, 4) is 0 Å². The van der Waals surface area contributed by atoms with E-state index >= 15 is 0 Å². The number of aliphatic imine (C=N–C) groups is 1. The Balaban J connectivity index is 2.29. The van der Waals surface area contributed by atoms with Gasteiger partial charge >= 0.3 is 5.97 Å². The molecule has 7 heteroatoms. The molecule has 0 aromatic carbocycles. The lowest BCUT2D eigenvalue weighted by Gasteiger charge is -2.39. The van der Waals surface area contributed by atoms with Crippen LogP contribution in [0.1, 0.15) is 13.8 Å². The van der Waals surface area contributed by atoms with E-state index in [1.165, 1.54) is 0 Å². The third kappa shape index (κ3) is 3.42. The van der Waals surface area contributed by atoms with Crippen molar-refractivity contribution in [1.82, 2.24) is 5.01 Å². The molecular formula is C14H21N3O3S. The van der Waals surface area contributed by atoms with Crippen LogP contribution in [0.4, 0.5) is 10.7 Å². The molecule has 0 fully saturated rings. The monoisotopic (exact) mass is 311 g/mol. The second-order valence-electron chi connectivity index (χ2n) is 4.47. The number of ether oxygens (including phenoxy) is 2. The number of thiophene rings is 1. The van der Waals surface area contributed by atoms with Gasteiger partial charge in [0.25, 0.3) is 0 Å². The first-order valence-electron chi connectivity index (χ1n) is 7.04. The predicted octanol–water partition coefficient (Wildman–Crippen LogP) is 2.09. The number of anilines is 1. The molecule has 0 saturated heterocycles. The minimum atomic E-state index is -0.520. The molecule has 2 rings (SSSR count). The lowest BCUT2D eigenvalue weighted by atomic mass is 10.2. The predicted molar refractivity (Wildman–Crippen MR) is 84.5 cm³/mol. The maximum Gasteiger partial charge on any atom is 0.336 e. The van der Waals surface area contributed by atoms with Gasteiger partial charge in [0.1, 0.15) is 5.00 Å². The molecule has 1 aromatic rings. The molecule has 2 heterocycles. The Morgan fingerprint density at radius 3 is 3.00 bits per heavy atom. The van der Waals surface area contributed by atoms with Crippen molar-refractivity contribution < 1.29 is 14.3 Å². The fourth-order valence-electron chi connectivity index (χ4n) is 2.21. The summed E-state index contributed by atoms with van der Waals surface area (Å²) in [6.45, 7) is 6.28. The van der Waals surface area contributed by atoms with Crippen LogP contribution >= 0.6 is 11.3 Å². The Kier molecular flexibility index (Phi) is 5.72. The highest BCUT2D eigenvalue weighted by Crippen LogP contribution is 2.39. The molecule has 0 radical (unpaired) electrons. The molecule has 0 spiro atoms. The zero-order chi connectivity index (χ0) is 15.2. The van der Waals surface area contributed by atoms with E-state index < -0.39 is 6.04 Å². The van der Waals surface area contributed by atoms with Crippen molar-refractivity contribution >= 4 is 34.2 Å². The Morgan fingerprint density at radius 2 is 2.33 bits per heavy atom. The number of fused-ring (bicyclic) bond motifs is 1. The first-order valence-corrected chi connectivity index (χ1v) is 7.92. The highest BCUT2D eigenvalue weighted by Gasteiger charge is 2.34. The van der Waals surface area contributed by atoms with E-state index in [9.17, 15) is 4.79 Å². The largest absolute Gasteiger partial charge is 0.464 e. The number of likely N-dealkylation sites (N-methyl/N-ethyl adjacent to an activating group) is 1. The van der Waals surface area contributed by atoms with Crippen molar-refractivity contribution in [2.24, 2.45) is 4.99 Å². The van der Waals surface area contributed by atoms with Crippen LogP contribution in [0.2, 0.25) is 0 Å². The molecule has 1 aromatic heterocycles. The summed E-state index contributed by atoms with van der Waals surface area (Å²) in [5.74, 6) is -0.281. The van der Waals surface area contributed by atoms with Crippen LogP contribution in [0.3, 0.4) is 0 Å². The molecular weight excluding hydrogens is 290 g/mol. The lowest BCUT2D eigenvalue weighted by Crippen LogP contribution is -2.55. The van der Waals surface area contributed by atoms with Gasteiger partial charge in [0, 0.05) is 26.4 Å². The number of hydrazine groups is 1. The van der Waals surface area contributed by atoms with Gasteiger partial charge in [0.2, 0.25) is 0 Å². The van der Waals surface area contributed by atoms with Crippen molar-refractivity contribution in [3.63, 3.8) is 0 Å². The summed E-state index contributed by atoms with van der Waals surface area (Å²) in [6, 6.07) is 1.43. The van der Waals surface area contributed by atoms with E-state index in [4.69, 9.17) is 9.47 Å². The van der Waals surface area contributed by atoms with Gasteiger partial charge in [0.05, 0.1) is 18.9 Å². The minimum Gasteiger partial charge on any atom is -0.464 e. The number of methoxy groups -OCH3 is 1. The van der Waals surface area contributed by atoms with E-state index in [1.54, 1.807) is 31.6 Å². The molecule has 1 aliphatic heterocycles. The number of rotatable bonds is 7. The first-order chi connectivity index (χ1) is 10.2. The van der Waals surface area contributed by atoms with Gasteiger partial charge in [-0.1, -0.05) is 6.92 Å². The lowest BCUT2D eigenvalue weighted by molar-refractivity contribution is -0.143. The van der Waals surface area contributed by atoms with Crippen molar-refractivity contribution in [2.75, 3.05) is 38.4 Å². The van der Waals surface area contributed by atoms with Gasteiger partial charge in [-0.05, 0) is 18.4 Å². The van der Waals surface area contributed by atoms with Crippen LogP contribution in [0.25, 0.3) is 0 Å². The second-order valence-corrected chi connectivity index (χ2v) is 5.36. The van der Waals surface area contributed by atoms with Gasteiger partial charge in [-0.3, -0.25) is 10.0 Å². The molecule has 1 atom stereocenters. The van der Waals surface area contributed by atoms with E-state index in [2.05, 4.69) is 16.9 Å². The summed E-state index contributed by atoms with van der Waals surface area (Å²) >= 11 is 1.57. The average molecular weight is 311 g/mol. The number of esters is 1. The third-order valence-electron chi connectivity index (χ3n) is 3.20. The maximum atomic E-state index is 12.2. The normalized spacial score (nSPS) is 17.1. The molecule has 0 N–H and O–H groups in total. The number of carbonyl (C=O) groups excluding carboxylic acids is 1. The zero-order valence-corrected chi connectivity index (χ0v) is 13.4. The van der Waals surface area contributed by atoms with Crippen LogP contribution in [0.15, 0.2) is 16.4 Å². The van der Waals surface area contributed by atoms with Crippen LogP contribution in [-0.4, -0.2) is 56.6 Å². The Labute approximate surface area is 128 Å². The molecule has 0 amide bonds. The first kappa shape index (κ1) is 15.9. The maximum absolute atomic E-state index is 12.2. The van der Waals surface area contributed by atoms with E-state index in [1.807, 2.05) is 16.5 Å². The molecule has 1 aliphatic rings. The summed E-state index contributed by atoms with van der Waals surface area (Å²) in [5, 5.41) is 7.01. The average Bonchev–Trinajstić information content (AvgIpc) is 2.96. The number of carbonyl (C=O) groups is 1. The fraction of sp³-hybridized carbons (Fsp3) is 0.571. The van der Waals surface area contributed by atoms with Crippen LogP contribution < -0.4 is 5.01 Å². The van der Waals surface area contributed by atoms with Crippen LogP contribution in [0.5, 0.6) is 0 Å². The number of hydrogen-bond acceptors (Lipinski definition) is 7. The number of hydrogen-bond donors (Lipinski definition) is 0. The Hall–Kier alpha value is -1.44. The zero-order valence-electron chi connectivity index (χ0n) is 12.6. The van der Waals surface area contributed by atoms with Crippen LogP contribution in [-0.2, 0) is 14.3 Å². The van der Waals surface area contributed by atoms with Crippen molar-refractivity contribution in [3.05, 3.63) is 11.4 Å². The second kappa shape index (κ2) is 7.53. The summed E-state index contributed by atoms with van der Waals surface area (Å²) in [7, 11) is 1.67. The molecule has 0 unspecified atom stereocenters. The van der Waals surface area contributed by atoms with Crippen molar-refractivity contribution in [1.29, 1.82) is 0 Å². The molecule has 116 valence electrons. The smallest absolute Gasteiger partial charge is 0.336 e. The highest BCUT2D eigenvalue weighted by molar-refractivity contribution is 7.15. The van der Waals surface area contributed by atoms with E-state index in [0.29, 0.717) is 19.8 Å².